The molecule has 2 amide bonds. The molecule has 102 valence electrons. The number of rotatable bonds is 3. The fraction of sp³-hybridized carbons (Fsp3) is 0.818. The van der Waals surface area contributed by atoms with Crippen LogP contribution in [0.15, 0.2) is 0 Å². The molecule has 2 aliphatic heterocycles. The third-order valence-electron chi connectivity index (χ3n) is 3.68. The Morgan fingerprint density at radius 3 is 2.83 bits per heavy atom. The van der Waals surface area contributed by atoms with E-state index in [9.17, 15) is 14.7 Å². The molecular formula is C11H19N3O4. The molecule has 2 atom stereocenters. The van der Waals surface area contributed by atoms with Gasteiger partial charge in [0.25, 0.3) is 0 Å². The standard InChI is InChI=1S/C11H19N3O4/c12-5-8-1-3-14(6-8)10(17)13-11(9(15)16)2-4-18-7-11/h8H,1-7,12H2,(H,13,17)(H,15,16). The molecule has 0 aromatic carbocycles. The number of hydrogen-bond donors (Lipinski definition) is 3. The van der Waals surface area contributed by atoms with Crippen molar-refractivity contribution < 1.29 is 19.4 Å². The van der Waals surface area contributed by atoms with Crippen LogP contribution >= 0.6 is 0 Å². The van der Waals surface area contributed by atoms with Gasteiger partial charge in [-0.3, -0.25) is 0 Å². The first kappa shape index (κ1) is 13.1. The number of hydrogen-bond acceptors (Lipinski definition) is 4. The lowest BCUT2D eigenvalue weighted by Gasteiger charge is -2.27. The van der Waals surface area contributed by atoms with Gasteiger partial charge in [0.1, 0.15) is 0 Å². The lowest BCUT2D eigenvalue weighted by molar-refractivity contribution is -0.144. The Labute approximate surface area is 105 Å². The summed E-state index contributed by atoms with van der Waals surface area (Å²) < 4.78 is 5.09. The maximum Gasteiger partial charge on any atom is 0.332 e. The van der Waals surface area contributed by atoms with Crippen molar-refractivity contribution in [2.45, 2.75) is 18.4 Å². The number of carbonyl (C=O) groups excluding carboxylic acids is 1. The number of nitrogens with two attached hydrogens (primary N) is 1. The summed E-state index contributed by atoms with van der Waals surface area (Å²) in [5, 5.41) is 11.8. The van der Waals surface area contributed by atoms with Crippen LogP contribution in [0.4, 0.5) is 4.79 Å². The predicted octanol–water partition coefficient (Wildman–Crippen LogP) is -0.780. The Morgan fingerprint density at radius 2 is 2.33 bits per heavy atom. The van der Waals surface area contributed by atoms with Crippen LogP contribution in [0.25, 0.3) is 0 Å². The molecule has 7 nitrogen and oxygen atoms in total. The number of likely N-dealkylation sites (tertiary alicyclic amines) is 1. The normalized spacial score (nSPS) is 31.6. The van der Waals surface area contributed by atoms with Gasteiger partial charge in [-0.1, -0.05) is 0 Å². The van der Waals surface area contributed by atoms with E-state index >= 15 is 0 Å². The highest BCUT2D eigenvalue weighted by molar-refractivity contribution is 5.86. The zero-order valence-corrected chi connectivity index (χ0v) is 10.2. The van der Waals surface area contributed by atoms with Crippen LogP contribution in [0.2, 0.25) is 0 Å². The third-order valence-corrected chi connectivity index (χ3v) is 3.68. The number of carboxylic acid groups (broad SMARTS) is 1. The molecule has 2 fully saturated rings. The SMILES string of the molecule is NCC1CCN(C(=O)NC2(C(=O)O)CCOC2)C1. The van der Waals surface area contributed by atoms with E-state index in [0.717, 1.165) is 6.42 Å². The van der Waals surface area contributed by atoms with Gasteiger partial charge in [0.15, 0.2) is 5.54 Å². The monoisotopic (exact) mass is 257 g/mol. The molecule has 0 aromatic rings. The first-order chi connectivity index (χ1) is 8.57. The van der Waals surface area contributed by atoms with Crippen molar-refractivity contribution in [1.29, 1.82) is 0 Å². The average Bonchev–Trinajstić information content (AvgIpc) is 2.97. The van der Waals surface area contributed by atoms with Gasteiger partial charge in [0, 0.05) is 26.1 Å². The van der Waals surface area contributed by atoms with Gasteiger partial charge >= 0.3 is 12.0 Å². The Balaban J connectivity index is 1.96. The third kappa shape index (κ3) is 2.41. The van der Waals surface area contributed by atoms with Crippen LogP contribution in [0.3, 0.4) is 0 Å². The number of carbonyl (C=O) groups is 2. The summed E-state index contributed by atoms with van der Waals surface area (Å²) in [7, 11) is 0. The molecule has 0 spiro atoms. The molecule has 4 N–H and O–H groups in total. The molecule has 2 rings (SSSR count). The summed E-state index contributed by atoms with van der Waals surface area (Å²) in [5.74, 6) is -0.723. The highest BCUT2D eigenvalue weighted by Gasteiger charge is 2.45. The van der Waals surface area contributed by atoms with Gasteiger partial charge in [-0.05, 0) is 18.9 Å². The van der Waals surface area contributed by atoms with Crippen molar-refractivity contribution in [2.75, 3.05) is 32.8 Å². The van der Waals surface area contributed by atoms with E-state index in [1.165, 1.54) is 0 Å². The summed E-state index contributed by atoms with van der Waals surface area (Å²) in [6.45, 7) is 2.17. The fourth-order valence-electron chi connectivity index (χ4n) is 2.38. The van der Waals surface area contributed by atoms with Crippen molar-refractivity contribution in [3.8, 4) is 0 Å². The first-order valence-electron chi connectivity index (χ1n) is 6.16. The second-order valence-corrected chi connectivity index (χ2v) is 4.96. The topological polar surface area (TPSA) is 105 Å². The lowest BCUT2D eigenvalue weighted by atomic mass is 9.99. The predicted molar refractivity (Wildman–Crippen MR) is 63.1 cm³/mol. The molecule has 0 saturated carbocycles. The number of aliphatic carboxylic acids is 1. The van der Waals surface area contributed by atoms with Gasteiger partial charge in [0.2, 0.25) is 0 Å². The Morgan fingerprint density at radius 1 is 1.56 bits per heavy atom. The van der Waals surface area contributed by atoms with Crippen LogP contribution in [0, 0.1) is 5.92 Å². The second-order valence-electron chi connectivity index (χ2n) is 4.96. The summed E-state index contributed by atoms with van der Waals surface area (Å²) in [6, 6.07) is -0.334. The van der Waals surface area contributed by atoms with Crippen molar-refractivity contribution in [3.63, 3.8) is 0 Å². The summed E-state index contributed by atoms with van der Waals surface area (Å²) >= 11 is 0. The molecule has 0 radical (unpaired) electrons. The van der Waals surface area contributed by atoms with Crippen molar-refractivity contribution in [2.24, 2.45) is 11.7 Å². The molecule has 2 unspecified atom stereocenters. The number of nitrogens with zero attached hydrogens (tertiary/aromatic N) is 1. The molecule has 18 heavy (non-hydrogen) atoms. The van der Waals surface area contributed by atoms with Crippen LogP contribution in [-0.4, -0.2) is 60.4 Å². The van der Waals surface area contributed by atoms with E-state index in [4.69, 9.17) is 10.5 Å². The summed E-state index contributed by atoms with van der Waals surface area (Å²) in [4.78, 5) is 24.9. The second kappa shape index (κ2) is 5.11. The molecule has 0 aromatic heterocycles. The van der Waals surface area contributed by atoms with Gasteiger partial charge < -0.3 is 25.8 Å². The molecule has 2 saturated heterocycles. The van der Waals surface area contributed by atoms with E-state index in [2.05, 4.69) is 5.32 Å². The highest BCUT2D eigenvalue weighted by Crippen LogP contribution is 2.21. The number of carboxylic acids is 1. The lowest BCUT2D eigenvalue weighted by Crippen LogP contribution is -2.58. The Bertz CT molecular complexity index is 341. The molecule has 2 aliphatic rings. The molecule has 7 heteroatoms. The van der Waals surface area contributed by atoms with E-state index in [-0.39, 0.29) is 12.6 Å². The van der Waals surface area contributed by atoms with Gasteiger partial charge in [0.05, 0.1) is 6.61 Å². The summed E-state index contributed by atoms with van der Waals surface area (Å²) in [5.41, 5.74) is 4.30. The molecule has 2 heterocycles. The fourth-order valence-corrected chi connectivity index (χ4v) is 2.38. The van der Waals surface area contributed by atoms with E-state index in [0.29, 0.717) is 38.6 Å². The number of nitrogens with one attached hydrogen (secondary N) is 1. The van der Waals surface area contributed by atoms with Gasteiger partial charge in [-0.2, -0.15) is 0 Å². The van der Waals surface area contributed by atoms with Crippen LogP contribution < -0.4 is 11.1 Å². The maximum atomic E-state index is 12.0. The van der Waals surface area contributed by atoms with E-state index in [1.807, 2.05) is 0 Å². The zero-order valence-electron chi connectivity index (χ0n) is 10.2. The maximum absolute atomic E-state index is 12.0. The van der Waals surface area contributed by atoms with Crippen molar-refractivity contribution in [1.82, 2.24) is 10.2 Å². The van der Waals surface area contributed by atoms with Crippen molar-refractivity contribution >= 4 is 12.0 Å². The summed E-state index contributed by atoms with van der Waals surface area (Å²) in [6.07, 6.45) is 1.18. The smallest absolute Gasteiger partial charge is 0.332 e. The molecule has 0 aliphatic carbocycles. The average molecular weight is 257 g/mol. The minimum absolute atomic E-state index is 0.0300. The molecule has 0 bridgehead atoms. The first-order valence-corrected chi connectivity index (χ1v) is 6.16. The van der Waals surface area contributed by atoms with Crippen molar-refractivity contribution in [3.05, 3.63) is 0 Å². The van der Waals surface area contributed by atoms with Crippen LogP contribution in [0.1, 0.15) is 12.8 Å². The van der Waals surface area contributed by atoms with Crippen LogP contribution in [-0.2, 0) is 9.53 Å². The quantitative estimate of drug-likeness (QED) is 0.615. The Kier molecular flexibility index (Phi) is 3.72. The minimum Gasteiger partial charge on any atom is -0.479 e. The largest absolute Gasteiger partial charge is 0.479 e. The van der Waals surface area contributed by atoms with Gasteiger partial charge in [-0.15, -0.1) is 0 Å². The Hall–Kier alpha value is -1.34. The number of amides is 2. The highest BCUT2D eigenvalue weighted by atomic mass is 16.5. The zero-order chi connectivity index (χ0) is 13.2. The number of urea groups is 1. The minimum atomic E-state index is -1.27. The molecular weight excluding hydrogens is 238 g/mol. The number of ether oxygens (including phenoxy) is 1. The van der Waals surface area contributed by atoms with E-state index < -0.39 is 11.5 Å². The van der Waals surface area contributed by atoms with E-state index in [1.54, 1.807) is 4.90 Å². The van der Waals surface area contributed by atoms with Crippen LogP contribution in [0.5, 0.6) is 0 Å². The van der Waals surface area contributed by atoms with Gasteiger partial charge in [-0.25, -0.2) is 9.59 Å².